The molecule has 22 heavy (non-hydrogen) atoms. The van der Waals surface area contributed by atoms with Crippen molar-refractivity contribution in [3.63, 3.8) is 0 Å². The first-order chi connectivity index (χ1) is 10.6. The number of nitrogens with one attached hydrogen (secondary N) is 1. The van der Waals surface area contributed by atoms with Crippen molar-refractivity contribution < 1.29 is 13.5 Å². The summed E-state index contributed by atoms with van der Waals surface area (Å²) in [5.41, 5.74) is 1.58. The van der Waals surface area contributed by atoms with Gasteiger partial charge in [-0.25, -0.2) is 13.8 Å². The smallest absolute Gasteiger partial charge is 0.257 e. The molecule has 116 valence electrons. The Labute approximate surface area is 129 Å². The van der Waals surface area contributed by atoms with Crippen LogP contribution in [-0.4, -0.2) is 28.3 Å². The second-order valence-electron chi connectivity index (χ2n) is 4.63. The van der Waals surface area contributed by atoms with Gasteiger partial charge in [0.1, 0.15) is 12.3 Å². The van der Waals surface area contributed by atoms with Crippen LogP contribution in [0.25, 0.3) is 10.2 Å². The molecule has 0 unspecified atom stereocenters. The molecule has 5 nitrogen and oxygen atoms in total. The Bertz CT molecular complexity index is 771. The van der Waals surface area contributed by atoms with Gasteiger partial charge in [0.05, 0.1) is 29.6 Å². The predicted octanol–water partition coefficient (Wildman–Crippen LogP) is 3.38. The number of anilines is 1. The molecule has 2 heterocycles. The van der Waals surface area contributed by atoms with Gasteiger partial charge in [-0.2, -0.15) is 5.10 Å². The number of fused-ring (bicyclic) bond motifs is 1. The van der Waals surface area contributed by atoms with Gasteiger partial charge in [0.25, 0.3) is 6.43 Å². The van der Waals surface area contributed by atoms with Crippen LogP contribution in [-0.2, 0) is 13.1 Å². The number of ether oxygens (including phenoxy) is 1. The van der Waals surface area contributed by atoms with Crippen molar-refractivity contribution in [1.29, 1.82) is 0 Å². The van der Waals surface area contributed by atoms with E-state index in [1.165, 1.54) is 16.0 Å². The van der Waals surface area contributed by atoms with Crippen LogP contribution >= 0.6 is 11.3 Å². The lowest BCUT2D eigenvalue weighted by Crippen LogP contribution is -2.08. The molecule has 0 spiro atoms. The van der Waals surface area contributed by atoms with Crippen LogP contribution in [0.2, 0.25) is 0 Å². The Balaban J connectivity index is 1.67. The minimum Gasteiger partial charge on any atom is -0.497 e. The van der Waals surface area contributed by atoms with Crippen LogP contribution in [0.15, 0.2) is 30.5 Å². The highest BCUT2D eigenvalue weighted by Gasteiger charge is 2.08. The van der Waals surface area contributed by atoms with Crippen LogP contribution in [0.4, 0.5) is 13.9 Å². The summed E-state index contributed by atoms with van der Waals surface area (Å²) >= 11 is 1.51. The van der Waals surface area contributed by atoms with E-state index in [1.807, 2.05) is 18.2 Å². The number of hydrogen-bond donors (Lipinski definition) is 1. The van der Waals surface area contributed by atoms with Gasteiger partial charge in [0, 0.05) is 6.20 Å². The standard InChI is InChI=1S/C14H14F2N4OS/c1-21-10-2-3-11-12(6-10)22-14(18-11)17-7-9-4-5-20(19-9)8-13(15)16/h2-6,13H,7-8H2,1H3,(H,17,18). The molecule has 0 fully saturated rings. The second kappa shape index (κ2) is 6.27. The summed E-state index contributed by atoms with van der Waals surface area (Å²) in [4.78, 5) is 4.46. The zero-order chi connectivity index (χ0) is 15.5. The Morgan fingerprint density at radius 2 is 2.23 bits per heavy atom. The van der Waals surface area contributed by atoms with Gasteiger partial charge in [0.15, 0.2) is 5.13 Å². The number of rotatable bonds is 6. The number of nitrogens with zero attached hydrogens (tertiary/aromatic N) is 3. The third-order valence-corrected chi connectivity index (χ3v) is 4.01. The van der Waals surface area contributed by atoms with E-state index in [2.05, 4.69) is 15.4 Å². The molecular weight excluding hydrogens is 310 g/mol. The molecule has 0 atom stereocenters. The van der Waals surface area contributed by atoms with E-state index < -0.39 is 6.43 Å². The van der Waals surface area contributed by atoms with Gasteiger partial charge in [-0.3, -0.25) is 4.68 Å². The fourth-order valence-electron chi connectivity index (χ4n) is 2.01. The zero-order valence-electron chi connectivity index (χ0n) is 11.8. The number of halogens is 2. The highest BCUT2D eigenvalue weighted by molar-refractivity contribution is 7.22. The predicted molar refractivity (Wildman–Crippen MR) is 81.7 cm³/mol. The number of aromatic nitrogens is 3. The summed E-state index contributed by atoms with van der Waals surface area (Å²) in [5.74, 6) is 0.786. The maximum absolute atomic E-state index is 12.3. The van der Waals surface area contributed by atoms with Crippen molar-refractivity contribution in [2.75, 3.05) is 12.4 Å². The molecule has 0 saturated heterocycles. The van der Waals surface area contributed by atoms with E-state index >= 15 is 0 Å². The van der Waals surface area contributed by atoms with Crippen molar-refractivity contribution in [1.82, 2.24) is 14.8 Å². The minimum atomic E-state index is -2.40. The number of hydrogen-bond acceptors (Lipinski definition) is 5. The Kier molecular flexibility index (Phi) is 4.19. The molecule has 0 radical (unpaired) electrons. The highest BCUT2D eigenvalue weighted by Crippen LogP contribution is 2.29. The Hall–Kier alpha value is -2.22. The molecule has 0 saturated carbocycles. The number of benzene rings is 1. The van der Waals surface area contributed by atoms with Gasteiger partial charge in [-0.05, 0) is 24.3 Å². The Morgan fingerprint density at radius 1 is 1.36 bits per heavy atom. The molecule has 0 bridgehead atoms. The third-order valence-electron chi connectivity index (χ3n) is 3.04. The van der Waals surface area contributed by atoms with E-state index in [4.69, 9.17) is 4.74 Å². The quantitative estimate of drug-likeness (QED) is 0.755. The molecule has 3 aromatic rings. The maximum Gasteiger partial charge on any atom is 0.257 e. The molecule has 8 heteroatoms. The van der Waals surface area contributed by atoms with E-state index in [0.717, 1.165) is 21.1 Å². The van der Waals surface area contributed by atoms with Gasteiger partial charge in [0.2, 0.25) is 0 Å². The average Bonchev–Trinajstić information content (AvgIpc) is 3.09. The number of thiazole rings is 1. The normalized spacial score (nSPS) is 11.3. The highest BCUT2D eigenvalue weighted by atomic mass is 32.1. The van der Waals surface area contributed by atoms with Crippen LogP contribution < -0.4 is 10.1 Å². The van der Waals surface area contributed by atoms with E-state index in [0.29, 0.717) is 12.2 Å². The molecule has 0 amide bonds. The summed E-state index contributed by atoms with van der Waals surface area (Å²) in [6.45, 7) is 0.0497. The molecule has 2 aromatic heterocycles. The first kappa shape index (κ1) is 14.7. The largest absolute Gasteiger partial charge is 0.497 e. The van der Waals surface area contributed by atoms with Crippen LogP contribution in [0.3, 0.4) is 0 Å². The fraction of sp³-hybridized carbons (Fsp3) is 0.286. The van der Waals surface area contributed by atoms with Crippen LogP contribution in [0.5, 0.6) is 5.75 Å². The first-order valence-corrected chi connectivity index (χ1v) is 7.44. The van der Waals surface area contributed by atoms with Crippen LogP contribution in [0.1, 0.15) is 5.69 Å². The maximum atomic E-state index is 12.3. The van der Waals surface area contributed by atoms with Gasteiger partial charge < -0.3 is 10.1 Å². The lowest BCUT2D eigenvalue weighted by atomic mass is 10.3. The topological polar surface area (TPSA) is 52.0 Å². The minimum absolute atomic E-state index is 0.388. The molecule has 3 rings (SSSR count). The molecule has 1 N–H and O–H groups in total. The molecular formula is C14H14F2N4OS. The van der Waals surface area contributed by atoms with Gasteiger partial charge in [-0.15, -0.1) is 0 Å². The summed E-state index contributed by atoms with van der Waals surface area (Å²) < 4.78 is 32.0. The zero-order valence-corrected chi connectivity index (χ0v) is 12.6. The van der Waals surface area contributed by atoms with Crippen LogP contribution in [0, 0.1) is 0 Å². The van der Waals surface area contributed by atoms with Gasteiger partial charge >= 0.3 is 0 Å². The molecule has 1 aromatic carbocycles. The van der Waals surface area contributed by atoms with Crippen molar-refractivity contribution in [2.45, 2.75) is 19.5 Å². The monoisotopic (exact) mass is 324 g/mol. The lowest BCUT2D eigenvalue weighted by molar-refractivity contribution is 0.121. The SMILES string of the molecule is COc1ccc2nc(NCc3ccn(CC(F)F)n3)sc2c1. The van der Waals surface area contributed by atoms with Crippen molar-refractivity contribution in [3.8, 4) is 5.75 Å². The number of methoxy groups -OCH3 is 1. The van der Waals surface area contributed by atoms with Crippen molar-refractivity contribution in [3.05, 3.63) is 36.2 Å². The lowest BCUT2D eigenvalue weighted by Gasteiger charge is -2.00. The first-order valence-electron chi connectivity index (χ1n) is 6.63. The third kappa shape index (κ3) is 3.33. The molecule has 0 aliphatic heterocycles. The number of alkyl halides is 2. The van der Waals surface area contributed by atoms with E-state index in [9.17, 15) is 8.78 Å². The van der Waals surface area contributed by atoms with E-state index in [1.54, 1.807) is 19.4 Å². The van der Waals surface area contributed by atoms with Gasteiger partial charge in [-0.1, -0.05) is 11.3 Å². The fourth-order valence-corrected chi connectivity index (χ4v) is 2.90. The molecule has 0 aliphatic carbocycles. The summed E-state index contributed by atoms with van der Waals surface area (Å²) in [6, 6.07) is 7.40. The second-order valence-corrected chi connectivity index (χ2v) is 5.66. The average molecular weight is 324 g/mol. The summed E-state index contributed by atoms with van der Waals surface area (Å²) in [5, 5.41) is 7.99. The molecule has 0 aliphatic rings. The van der Waals surface area contributed by atoms with Crippen molar-refractivity contribution >= 4 is 26.7 Å². The Morgan fingerprint density at radius 3 is 3.00 bits per heavy atom. The van der Waals surface area contributed by atoms with Crippen molar-refractivity contribution in [2.24, 2.45) is 0 Å². The summed E-state index contributed by atoms with van der Waals surface area (Å²) in [7, 11) is 1.62. The van der Waals surface area contributed by atoms with E-state index in [-0.39, 0.29) is 6.54 Å². The summed E-state index contributed by atoms with van der Waals surface area (Å²) in [6.07, 6.45) is -0.855.